The molecule has 0 aromatic carbocycles. The van der Waals surface area contributed by atoms with Crippen molar-refractivity contribution in [2.24, 2.45) is 0 Å². The van der Waals surface area contributed by atoms with Gasteiger partial charge in [-0.1, -0.05) is 158 Å². The van der Waals surface area contributed by atoms with Gasteiger partial charge in [0.15, 0.2) is 44.0 Å². The van der Waals surface area contributed by atoms with Gasteiger partial charge in [-0.05, 0) is 0 Å². The molecule has 15 rings (SSSR count). The Bertz CT molecular complexity index is 1610. The molecule has 35 atom stereocenters. The highest BCUT2D eigenvalue weighted by Gasteiger charge is 2.60. The average molecular weight is 2000 g/mol. The third kappa shape index (κ3) is 15.5. The number of hydrogen-bond donors (Lipinski definition) is 7. The molecule has 0 spiro atoms. The van der Waals surface area contributed by atoms with Gasteiger partial charge < -0.3 is 135 Å². The molecule has 15 heterocycles. The molecule has 0 amide bonds. The second-order valence-electron chi connectivity index (χ2n) is 20.9. The molecule has 0 saturated carbocycles. The third-order valence-corrected chi connectivity index (χ3v) is 22.4. The first kappa shape index (κ1) is 73.8. The van der Waals surface area contributed by atoms with Gasteiger partial charge in [-0.3, -0.25) is 0 Å². The molecule has 15 aliphatic heterocycles. The highest BCUT2D eigenvalue weighted by atomic mass is 127. The minimum Gasteiger partial charge on any atom is -0.387 e. The van der Waals surface area contributed by atoms with E-state index in [1.54, 1.807) is 0 Å². The summed E-state index contributed by atoms with van der Waals surface area (Å²) in [5, 5.41) is 85.4. The monoisotopic (exact) mass is 2000 g/mol. The summed E-state index contributed by atoms with van der Waals surface area (Å²) in [5.41, 5.74) is 0. The van der Waals surface area contributed by atoms with Crippen LogP contribution in [0.25, 0.3) is 0 Å². The van der Waals surface area contributed by atoms with Crippen molar-refractivity contribution in [1.82, 2.24) is 0 Å². The molecule has 28 nitrogen and oxygen atoms in total. The Hall–Kier alpha value is 3.99. The Morgan fingerprint density at radius 2 is 0.321 bits per heavy atom. The van der Waals surface area contributed by atoms with Crippen LogP contribution >= 0.6 is 158 Å². The summed E-state index contributed by atoms with van der Waals surface area (Å²) in [6.07, 6.45) is -42.4. The number of aliphatic hydroxyl groups is 7. The van der Waals surface area contributed by atoms with E-state index >= 15 is 0 Å². The van der Waals surface area contributed by atoms with Gasteiger partial charge in [-0.2, -0.15) is 0 Å². The maximum absolute atomic E-state index is 12.2. The predicted molar refractivity (Wildman–Crippen MR) is 345 cm³/mol. The molecule has 15 aliphatic rings. The van der Waals surface area contributed by atoms with Crippen LogP contribution in [0, 0.1) is 0 Å². The molecule has 84 heavy (non-hydrogen) atoms. The number of rotatable bonds is 14. The SMILES string of the molecule is CO[C@@H]1[C@H]2O[C@H]3[C@H](O)[C@@H](OC)[C@@H](O[C@H]4[C@H](O)[C@@H](OC)[C@@H](O[C@H]5[C@H](O)[C@@H](OC)[C@@H](O[C@H]6[C@H](O)[C@@H](OC)[C@@H](O[C@H]7[C@@H](O)[C@H](OC)[C@@H](O[C@H]8[C@@H](O)[C@H](OC)[C@@H](O[C@@H]([C@H]1O)[C@@H](CI)O2)O[C@@H]8CI)O[C@@H]7CI)O[C@H]6CI)O[C@@H]5CI)O[C@@H]4CI)O[C@@H]3CI. The molecular weight excluding hydrogens is 1920 g/mol. The van der Waals surface area contributed by atoms with E-state index in [2.05, 4.69) is 158 Å². The normalized spacial score (nSPS) is 51.8. The summed E-state index contributed by atoms with van der Waals surface area (Å²) in [5.74, 6) is 0. The quantitative estimate of drug-likeness (QED) is 0.0847. The fourth-order valence-corrected chi connectivity index (χ4v) is 16.9. The van der Waals surface area contributed by atoms with Crippen LogP contribution in [-0.4, -0.2) is 331 Å². The van der Waals surface area contributed by atoms with E-state index in [0.29, 0.717) is 0 Å². The van der Waals surface area contributed by atoms with Gasteiger partial charge in [0.2, 0.25) is 0 Å². The molecule has 15 fully saturated rings. The van der Waals surface area contributed by atoms with Crippen molar-refractivity contribution in [2.75, 3.05) is 80.8 Å². The lowest BCUT2D eigenvalue weighted by Crippen LogP contribution is -2.68. The first-order valence-electron chi connectivity index (χ1n) is 27.0. The lowest BCUT2D eigenvalue weighted by molar-refractivity contribution is -0.391. The molecular formula is C49H77I7O28. The molecule has 0 aliphatic carbocycles. The summed E-state index contributed by atoms with van der Waals surface area (Å²) in [6.45, 7) is 0. The highest BCUT2D eigenvalue weighted by molar-refractivity contribution is 14.1. The van der Waals surface area contributed by atoms with Crippen molar-refractivity contribution in [1.29, 1.82) is 0 Å². The lowest BCUT2D eigenvalue weighted by Gasteiger charge is -2.51. The zero-order valence-electron chi connectivity index (χ0n) is 46.5. The number of aliphatic hydroxyl groups excluding tert-OH is 7. The van der Waals surface area contributed by atoms with Gasteiger partial charge in [-0.15, -0.1) is 0 Å². The number of methoxy groups -OCH3 is 7. The minimum atomic E-state index is -1.46. The van der Waals surface area contributed by atoms with Crippen molar-refractivity contribution in [2.45, 2.75) is 215 Å². The summed E-state index contributed by atoms with van der Waals surface area (Å²) >= 11 is 14.6. The van der Waals surface area contributed by atoms with Crippen LogP contribution in [0.5, 0.6) is 0 Å². The topological polar surface area (TPSA) is 335 Å². The van der Waals surface area contributed by atoms with Crippen LogP contribution in [0.2, 0.25) is 0 Å². The van der Waals surface area contributed by atoms with Gasteiger partial charge in [0.25, 0.3) is 0 Å². The number of fused-ring (bicyclic) bond motifs is 7. The van der Waals surface area contributed by atoms with E-state index in [0.717, 1.165) is 0 Å². The van der Waals surface area contributed by atoms with Crippen molar-refractivity contribution < 1.29 is 135 Å². The van der Waals surface area contributed by atoms with Gasteiger partial charge in [0, 0.05) is 80.8 Å². The second-order valence-corrected chi connectivity index (χ2v) is 27.1. The zero-order valence-corrected chi connectivity index (χ0v) is 61.6. The first-order valence-corrected chi connectivity index (χ1v) is 37.7. The van der Waals surface area contributed by atoms with E-state index in [1.165, 1.54) is 49.8 Å². The number of ether oxygens (including phenoxy) is 21. The van der Waals surface area contributed by atoms with E-state index in [4.69, 9.17) is 99.5 Å². The van der Waals surface area contributed by atoms with Crippen LogP contribution in [0.3, 0.4) is 0 Å². The van der Waals surface area contributed by atoms with Crippen LogP contribution in [0.4, 0.5) is 0 Å². The molecule has 14 bridgehead atoms. The standard InChI is InChI=1S/C49H77I7O28/c1-64-36-22(57)29-15(8-50)71-43(36)78-30-16(9-51)72-45(37(65-2)23(30)58)80-32-18(11-53)74-47(39(67-4)25(32)60)82-34-20(13-55)76-49(41(69-6)27(34)62)84-35-21(14-56)77-48(42(70-7)28(35)63)83-33-19(12-54)75-46(40(68-5)26(33)61)81-31-17(10-52)73-44(79-29)38(66-3)24(31)59/h15-49,57-63H,8-14H2,1-7H3/t15-,16-,17-,18-,19-,20-,21+,22-,23+,24-,25+,26-,27+,28+,29-,30-,31-,32-,33-,34-,35-,36+,37-,38+,39-,40+,41-,42-,43-,44-,45-,46-,47-,48-,49-/m1/s1. The molecule has 0 radical (unpaired) electrons. The van der Waals surface area contributed by atoms with E-state index in [1.807, 2.05) is 0 Å². The molecule has 0 unspecified atom stereocenters. The molecule has 490 valence electrons. The Morgan fingerprint density at radius 3 is 0.405 bits per heavy atom. The smallest absolute Gasteiger partial charge is 0.187 e. The lowest BCUT2D eigenvalue weighted by atomic mass is 9.95. The minimum absolute atomic E-state index is 0.246. The Kier molecular flexibility index (Phi) is 30.1. The summed E-state index contributed by atoms with van der Waals surface area (Å²) in [6, 6.07) is 0. The molecule has 15 saturated heterocycles. The van der Waals surface area contributed by atoms with Gasteiger partial charge in [-0.25, -0.2) is 0 Å². The summed E-state index contributed by atoms with van der Waals surface area (Å²) in [4.78, 5) is 0. The second kappa shape index (κ2) is 34.3. The molecule has 0 aromatic heterocycles. The summed E-state index contributed by atoms with van der Waals surface area (Å²) < 4.78 is 134. The van der Waals surface area contributed by atoms with E-state index in [9.17, 15) is 35.7 Å². The third-order valence-electron chi connectivity index (χ3n) is 16.3. The first-order chi connectivity index (χ1) is 40.4. The Labute approximate surface area is 582 Å². The van der Waals surface area contributed by atoms with Crippen molar-refractivity contribution >= 4 is 158 Å². The number of alkyl halides is 7. The maximum Gasteiger partial charge on any atom is 0.187 e. The summed E-state index contributed by atoms with van der Waals surface area (Å²) in [7, 11) is 9.51. The fraction of sp³-hybridized carbons (Fsp3) is 1.00. The fourth-order valence-electron chi connectivity index (χ4n) is 11.9. The van der Waals surface area contributed by atoms with Crippen LogP contribution in [0.15, 0.2) is 0 Å². The van der Waals surface area contributed by atoms with Crippen LogP contribution in [0.1, 0.15) is 0 Å². The highest BCUT2D eigenvalue weighted by Crippen LogP contribution is 2.42. The largest absolute Gasteiger partial charge is 0.387 e. The molecule has 0 aromatic rings. The Balaban J connectivity index is 1.13. The van der Waals surface area contributed by atoms with Crippen molar-refractivity contribution in [3.63, 3.8) is 0 Å². The average Bonchev–Trinajstić information content (AvgIpc) is 2.12. The molecule has 35 heteroatoms. The maximum atomic E-state index is 12.2. The zero-order chi connectivity index (χ0) is 61.0. The van der Waals surface area contributed by atoms with Crippen LogP contribution < -0.4 is 0 Å². The predicted octanol–water partition coefficient (Wildman–Crippen LogP) is -0.553. The van der Waals surface area contributed by atoms with Crippen molar-refractivity contribution in [3.05, 3.63) is 0 Å². The number of halogens is 7. The van der Waals surface area contributed by atoms with E-state index < -0.39 is 215 Å². The van der Waals surface area contributed by atoms with Crippen molar-refractivity contribution in [3.8, 4) is 0 Å². The van der Waals surface area contributed by atoms with Gasteiger partial charge >= 0.3 is 0 Å². The van der Waals surface area contributed by atoms with Crippen LogP contribution in [-0.2, 0) is 99.5 Å². The molecule has 7 N–H and O–H groups in total. The Morgan fingerprint density at radius 1 is 0.214 bits per heavy atom. The van der Waals surface area contributed by atoms with Gasteiger partial charge in [0.1, 0.15) is 128 Å². The number of hydrogen-bond acceptors (Lipinski definition) is 28. The van der Waals surface area contributed by atoms with Gasteiger partial charge in [0.05, 0.1) is 42.7 Å². The van der Waals surface area contributed by atoms with E-state index in [-0.39, 0.29) is 31.0 Å².